The molecule has 2 unspecified atom stereocenters. The third-order valence-electron chi connectivity index (χ3n) is 5.13. The van der Waals surface area contributed by atoms with Crippen molar-refractivity contribution in [2.75, 3.05) is 11.5 Å². The van der Waals surface area contributed by atoms with Crippen LogP contribution in [0.4, 0.5) is 11.4 Å². The molecule has 0 bridgehead atoms. The van der Waals surface area contributed by atoms with Gasteiger partial charge in [-0.25, -0.2) is 0 Å². The molecule has 0 spiro atoms. The Morgan fingerprint density at radius 3 is 1.86 bits per heavy atom. The summed E-state index contributed by atoms with van der Waals surface area (Å²) in [6, 6.07) is 13.3. The molecule has 2 aromatic rings. The van der Waals surface area contributed by atoms with E-state index in [1.807, 2.05) is 12.1 Å². The van der Waals surface area contributed by atoms with E-state index in [1.54, 1.807) is 30.3 Å². The lowest BCUT2D eigenvalue weighted by Crippen LogP contribution is -2.49. The van der Waals surface area contributed by atoms with Gasteiger partial charge in [0.1, 0.15) is 11.9 Å². The molecular weight excluding hydrogens is 350 g/mol. The van der Waals surface area contributed by atoms with Crippen molar-refractivity contribution in [1.82, 2.24) is 4.90 Å². The van der Waals surface area contributed by atoms with E-state index in [1.165, 1.54) is 0 Å². The molecule has 2 atom stereocenters. The Kier molecular flexibility index (Phi) is 7.08. The van der Waals surface area contributed by atoms with Gasteiger partial charge in [-0.15, -0.1) is 0 Å². The van der Waals surface area contributed by atoms with Gasteiger partial charge in [0, 0.05) is 29.3 Å². The molecule has 0 aliphatic rings. The maximum atomic E-state index is 12.6. The zero-order valence-corrected chi connectivity index (χ0v) is 17.8. The van der Waals surface area contributed by atoms with Crippen molar-refractivity contribution in [3.63, 3.8) is 0 Å². The highest BCUT2D eigenvalue weighted by Gasteiger charge is 2.26. The molecule has 4 N–H and O–H groups in total. The molecule has 0 saturated heterocycles. The molecule has 152 valence electrons. The number of rotatable bonds is 8. The second kappa shape index (κ2) is 9.11. The van der Waals surface area contributed by atoms with Crippen molar-refractivity contribution >= 4 is 17.2 Å². The topological polar surface area (TPSA) is 81.6 Å². The summed E-state index contributed by atoms with van der Waals surface area (Å²) in [7, 11) is 0. The van der Waals surface area contributed by atoms with Crippen LogP contribution in [0, 0.1) is 0 Å². The summed E-state index contributed by atoms with van der Waals surface area (Å²) in [5.74, 6) is 0.658. The Hall–Kier alpha value is -2.53. The fourth-order valence-corrected chi connectivity index (χ4v) is 3.66. The lowest BCUT2D eigenvalue weighted by molar-refractivity contribution is 0.0437. The first-order valence-electron chi connectivity index (χ1n) is 9.85. The molecule has 5 heteroatoms. The Labute approximate surface area is 168 Å². The van der Waals surface area contributed by atoms with Gasteiger partial charge in [-0.1, -0.05) is 0 Å². The number of carbonyl (C=O) groups is 1. The maximum Gasteiger partial charge on any atom is 0.193 e. The highest BCUT2D eigenvalue weighted by Crippen LogP contribution is 2.22. The second-order valence-corrected chi connectivity index (χ2v) is 7.90. The van der Waals surface area contributed by atoms with Crippen LogP contribution in [0.5, 0.6) is 5.75 Å². The molecule has 0 aliphatic heterocycles. The van der Waals surface area contributed by atoms with Gasteiger partial charge in [-0.05, 0) is 84.0 Å². The third kappa shape index (κ3) is 5.04. The van der Waals surface area contributed by atoms with Crippen LogP contribution in [0.3, 0.4) is 0 Å². The van der Waals surface area contributed by atoms with E-state index in [2.05, 4.69) is 46.4 Å². The number of ketones is 1. The van der Waals surface area contributed by atoms with Crippen LogP contribution in [0.2, 0.25) is 0 Å². The lowest BCUT2D eigenvalue weighted by atomic mass is 10.0. The van der Waals surface area contributed by atoms with Crippen molar-refractivity contribution in [3.05, 3.63) is 53.6 Å². The summed E-state index contributed by atoms with van der Waals surface area (Å²) in [4.78, 5) is 15.1. The normalized spacial score (nSPS) is 13.8. The van der Waals surface area contributed by atoms with Crippen molar-refractivity contribution in [2.24, 2.45) is 0 Å². The van der Waals surface area contributed by atoms with Gasteiger partial charge in [-0.2, -0.15) is 0 Å². The van der Waals surface area contributed by atoms with Crippen molar-refractivity contribution in [1.29, 1.82) is 0 Å². The number of nitrogens with zero attached hydrogens (tertiary/aromatic N) is 1. The number of anilines is 2. The Balaban J connectivity index is 2.09. The number of hydrogen-bond acceptors (Lipinski definition) is 5. The van der Waals surface area contributed by atoms with E-state index in [4.69, 9.17) is 16.2 Å². The monoisotopic (exact) mass is 383 g/mol. The number of nitrogen functional groups attached to an aromatic ring is 2. The average Bonchev–Trinajstić information content (AvgIpc) is 2.63. The van der Waals surface area contributed by atoms with E-state index in [0.29, 0.717) is 34.6 Å². The first-order chi connectivity index (χ1) is 13.1. The molecular formula is C23H33N3O2. The van der Waals surface area contributed by atoms with Crippen LogP contribution in [-0.4, -0.2) is 34.9 Å². The van der Waals surface area contributed by atoms with Crippen LogP contribution in [-0.2, 0) is 0 Å². The van der Waals surface area contributed by atoms with Crippen molar-refractivity contribution in [3.8, 4) is 5.75 Å². The zero-order chi connectivity index (χ0) is 21.0. The molecule has 0 saturated carbocycles. The third-order valence-corrected chi connectivity index (χ3v) is 5.13. The van der Waals surface area contributed by atoms with Crippen LogP contribution >= 0.6 is 0 Å². The SMILES string of the molecule is CC(Oc1ccc(C(=O)c2ccc(N)c(N)c2)cc1)C(C)N(C(C)C)C(C)C. The van der Waals surface area contributed by atoms with Crippen LogP contribution in [0.25, 0.3) is 0 Å². The molecule has 5 nitrogen and oxygen atoms in total. The summed E-state index contributed by atoms with van der Waals surface area (Å²) < 4.78 is 6.14. The molecule has 28 heavy (non-hydrogen) atoms. The van der Waals surface area contributed by atoms with Gasteiger partial charge in [0.2, 0.25) is 0 Å². The zero-order valence-electron chi connectivity index (χ0n) is 17.8. The summed E-state index contributed by atoms with van der Waals surface area (Å²) in [6.07, 6.45) is 0.0169. The summed E-state index contributed by atoms with van der Waals surface area (Å²) in [5, 5.41) is 0. The first-order valence-corrected chi connectivity index (χ1v) is 9.85. The lowest BCUT2D eigenvalue weighted by Gasteiger charge is -2.39. The Bertz CT molecular complexity index is 792. The Morgan fingerprint density at radius 2 is 1.36 bits per heavy atom. The number of benzene rings is 2. The minimum atomic E-state index is -0.0922. The smallest absolute Gasteiger partial charge is 0.193 e. The predicted octanol–water partition coefficient (Wildman–Crippen LogP) is 4.36. The molecule has 2 aromatic carbocycles. The molecule has 0 amide bonds. The minimum absolute atomic E-state index is 0.0169. The molecule has 0 fully saturated rings. The van der Waals surface area contributed by atoms with E-state index in [-0.39, 0.29) is 17.9 Å². The van der Waals surface area contributed by atoms with Gasteiger partial charge in [0.05, 0.1) is 11.4 Å². The van der Waals surface area contributed by atoms with Gasteiger partial charge in [0.25, 0.3) is 0 Å². The maximum absolute atomic E-state index is 12.6. The molecule has 0 aromatic heterocycles. The summed E-state index contributed by atoms with van der Waals surface area (Å²) in [6.45, 7) is 13.1. The fraction of sp³-hybridized carbons (Fsp3) is 0.435. The minimum Gasteiger partial charge on any atom is -0.489 e. The van der Waals surface area contributed by atoms with Gasteiger partial charge in [0.15, 0.2) is 5.78 Å². The van der Waals surface area contributed by atoms with Crippen LogP contribution in [0.1, 0.15) is 57.5 Å². The largest absolute Gasteiger partial charge is 0.489 e. The quantitative estimate of drug-likeness (QED) is 0.523. The number of ether oxygens (including phenoxy) is 1. The van der Waals surface area contributed by atoms with Crippen LogP contribution in [0.15, 0.2) is 42.5 Å². The molecule has 0 radical (unpaired) electrons. The number of hydrogen-bond donors (Lipinski definition) is 2. The molecule has 2 rings (SSSR count). The van der Waals surface area contributed by atoms with Crippen molar-refractivity contribution < 1.29 is 9.53 Å². The Morgan fingerprint density at radius 1 is 0.821 bits per heavy atom. The van der Waals surface area contributed by atoms with E-state index >= 15 is 0 Å². The molecule has 0 heterocycles. The van der Waals surface area contributed by atoms with Gasteiger partial charge >= 0.3 is 0 Å². The summed E-state index contributed by atoms with van der Waals surface area (Å²) in [5.41, 5.74) is 13.5. The molecule has 0 aliphatic carbocycles. The van der Waals surface area contributed by atoms with E-state index in [9.17, 15) is 4.79 Å². The van der Waals surface area contributed by atoms with Crippen molar-refractivity contribution in [2.45, 2.75) is 65.8 Å². The second-order valence-electron chi connectivity index (χ2n) is 7.90. The van der Waals surface area contributed by atoms with Gasteiger partial charge < -0.3 is 16.2 Å². The summed E-state index contributed by atoms with van der Waals surface area (Å²) >= 11 is 0. The first kappa shape index (κ1) is 21.8. The average molecular weight is 384 g/mol. The fourth-order valence-electron chi connectivity index (χ4n) is 3.66. The van der Waals surface area contributed by atoms with Crippen LogP contribution < -0.4 is 16.2 Å². The van der Waals surface area contributed by atoms with Gasteiger partial charge in [-0.3, -0.25) is 9.69 Å². The highest BCUT2D eigenvalue weighted by atomic mass is 16.5. The highest BCUT2D eigenvalue weighted by molar-refractivity contribution is 6.09. The standard InChI is InChI=1S/C23H33N3O2/c1-14(2)26(15(3)4)16(5)17(6)28-20-10-7-18(8-11-20)23(27)19-9-12-21(24)22(25)13-19/h7-17H,24-25H2,1-6H3. The van der Waals surface area contributed by atoms with E-state index in [0.717, 1.165) is 5.75 Å². The van der Waals surface area contributed by atoms with E-state index < -0.39 is 0 Å². The number of nitrogens with two attached hydrogens (primary N) is 2. The predicted molar refractivity (Wildman–Crippen MR) is 117 cm³/mol. The number of carbonyl (C=O) groups excluding carboxylic acids is 1.